The first-order valence-corrected chi connectivity index (χ1v) is 7.54. The lowest BCUT2D eigenvalue weighted by Crippen LogP contribution is -2.44. The van der Waals surface area contributed by atoms with Crippen LogP contribution >= 0.6 is 0 Å². The molecule has 0 saturated heterocycles. The Bertz CT molecular complexity index is 241. The topological polar surface area (TPSA) is 48.5 Å². The first-order valence-electron chi connectivity index (χ1n) is 7.54. The minimum absolute atomic E-state index is 0.176. The number of nitrogens with zero attached hydrogens (tertiary/aromatic N) is 1. The van der Waals surface area contributed by atoms with Crippen LogP contribution < -0.4 is 16.0 Å². The van der Waals surface area contributed by atoms with Gasteiger partial charge < -0.3 is 16.0 Å². The number of hydrogen-bond acceptors (Lipinski definition) is 2. The highest BCUT2D eigenvalue weighted by molar-refractivity contribution is 5.79. The van der Waals surface area contributed by atoms with Crippen LogP contribution in [0.2, 0.25) is 0 Å². The van der Waals surface area contributed by atoms with Gasteiger partial charge in [0.1, 0.15) is 0 Å². The van der Waals surface area contributed by atoms with Gasteiger partial charge in [-0.1, -0.05) is 26.7 Å². The summed E-state index contributed by atoms with van der Waals surface area (Å²) in [7, 11) is 1.82. The van der Waals surface area contributed by atoms with Crippen LogP contribution in [0.25, 0.3) is 0 Å². The monoisotopic (exact) mass is 270 g/mol. The second-order valence-corrected chi connectivity index (χ2v) is 6.49. The van der Waals surface area contributed by atoms with E-state index in [0.29, 0.717) is 0 Å². The molecule has 114 valence electrons. The van der Waals surface area contributed by atoms with Crippen LogP contribution in [0.1, 0.15) is 53.9 Å². The van der Waals surface area contributed by atoms with Crippen LogP contribution in [-0.2, 0) is 0 Å². The fourth-order valence-electron chi connectivity index (χ4n) is 1.72. The first-order chi connectivity index (χ1) is 8.85. The zero-order chi connectivity index (χ0) is 14.7. The Labute approximate surface area is 119 Å². The fraction of sp³-hybridized carbons (Fsp3) is 0.933. The van der Waals surface area contributed by atoms with Crippen molar-refractivity contribution in [2.24, 2.45) is 10.9 Å². The molecule has 0 unspecified atom stereocenters. The summed E-state index contributed by atoms with van der Waals surface area (Å²) in [4.78, 5) is 4.22. The predicted molar refractivity (Wildman–Crippen MR) is 85.8 cm³/mol. The van der Waals surface area contributed by atoms with Crippen LogP contribution in [0.3, 0.4) is 0 Å². The zero-order valence-corrected chi connectivity index (χ0v) is 13.8. The molecule has 0 fully saturated rings. The standard InChI is InChI=1S/C15H34N4/c1-13(2)9-7-8-10-17-14(16-6)18-11-12-19-15(3,4)5/h13,19H,7-12H2,1-6H3,(H2,16,17,18). The van der Waals surface area contributed by atoms with Crippen molar-refractivity contribution in [3.63, 3.8) is 0 Å². The molecule has 4 nitrogen and oxygen atoms in total. The van der Waals surface area contributed by atoms with Crippen LogP contribution in [0.15, 0.2) is 4.99 Å². The first kappa shape index (κ1) is 18.2. The molecule has 0 bridgehead atoms. The second kappa shape index (κ2) is 10.1. The molecule has 0 heterocycles. The molecule has 0 aliphatic carbocycles. The van der Waals surface area contributed by atoms with E-state index in [2.05, 4.69) is 55.6 Å². The highest BCUT2D eigenvalue weighted by Crippen LogP contribution is 2.04. The molecule has 0 aromatic heterocycles. The van der Waals surface area contributed by atoms with Crippen molar-refractivity contribution in [1.82, 2.24) is 16.0 Å². The van der Waals surface area contributed by atoms with Gasteiger partial charge in [0.2, 0.25) is 0 Å². The Balaban J connectivity index is 3.57. The predicted octanol–water partition coefficient (Wildman–Crippen LogP) is 2.37. The van der Waals surface area contributed by atoms with Crippen LogP contribution in [0, 0.1) is 5.92 Å². The van der Waals surface area contributed by atoms with E-state index in [9.17, 15) is 0 Å². The summed E-state index contributed by atoms with van der Waals surface area (Å²) in [5.41, 5.74) is 0.176. The van der Waals surface area contributed by atoms with Gasteiger partial charge in [0.05, 0.1) is 0 Å². The van der Waals surface area contributed by atoms with E-state index in [1.165, 1.54) is 19.3 Å². The zero-order valence-electron chi connectivity index (χ0n) is 13.8. The summed E-state index contributed by atoms with van der Waals surface area (Å²) in [5.74, 6) is 1.71. The van der Waals surface area contributed by atoms with Gasteiger partial charge in [-0.15, -0.1) is 0 Å². The average molecular weight is 270 g/mol. The summed E-state index contributed by atoms with van der Waals surface area (Å²) in [6, 6.07) is 0. The van der Waals surface area contributed by atoms with E-state index in [1.54, 1.807) is 0 Å². The normalized spacial score (nSPS) is 12.9. The fourth-order valence-corrected chi connectivity index (χ4v) is 1.72. The average Bonchev–Trinajstić information content (AvgIpc) is 2.29. The Morgan fingerprint density at radius 3 is 2.16 bits per heavy atom. The SMILES string of the molecule is CN=C(NCCCCC(C)C)NCCNC(C)(C)C. The second-order valence-electron chi connectivity index (χ2n) is 6.49. The van der Waals surface area contributed by atoms with Crippen LogP contribution in [0.4, 0.5) is 0 Å². The molecule has 0 saturated carbocycles. The van der Waals surface area contributed by atoms with E-state index in [0.717, 1.165) is 31.5 Å². The lowest BCUT2D eigenvalue weighted by Gasteiger charge is -2.21. The van der Waals surface area contributed by atoms with Crippen molar-refractivity contribution in [3.8, 4) is 0 Å². The number of guanidine groups is 1. The maximum Gasteiger partial charge on any atom is 0.191 e. The van der Waals surface area contributed by atoms with Crippen molar-refractivity contribution in [3.05, 3.63) is 0 Å². The van der Waals surface area contributed by atoms with E-state index < -0.39 is 0 Å². The molecule has 3 N–H and O–H groups in total. The summed E-state index contributed by atoms with van der Waals surface area (Å²) in [6.07, 6.45) is 3.80. The van der Waals surface area contributed by atoms with E-state index in [4.69, 9.17) is 0 Å². The molecular weight excluding hydrogens is 236 g/mol. The van der Waals surface area contributed by atoms with Gasteiger partial charge in [0, 0.05) is 32.2 Å². The molecule has 0 atom stereocenters. The summed E-state index contributed by atoms with van der Waals surface area (Å²) < 4.78 is 0. The lowest BCUT2D eigenvalue weighted by molar-refractivity contribution is 0.428. The molecule has 0 aliphatic rings. The van der Waals surface area contributed by atoms with E-state index >= 15 is 0 Å². The Morgan fingerprint density at radius 2 is 1.63 bits per heavy atom. The third-order valence-electron chi connectivity index (χ3n) is 2.80. The minimum Gasteiger partial charge on any atom is -0.356 e. The number of unbranched alkanes of at least 4 members (excludes halogenated alkanes) is 1. The number of nitrogens with one attached hydrogen (secondary N) is 3. The summed E-state index contributed by atoms with van der Waals surface area (Å²) >= 11 is 0. The molecule has 0 aromatic carbocycles. The van der Waals surface area contributed by atoms with Crippen molar-refractivity contribution >= 4 is 5.96 Å². The lowest BCUT2D eigenvalue weighted by atomic mass is 10.1. The van der Waals surface area contributed by atoms with Crippen molar-refractivity contribution in [1.29, 1.82) is 0 Å². The number of hydrogen-bond donors (Lipinski definition) is 3. The van der Waals surface area contributed by atoms with Gasteiger partial charge in [-0.2, -0.15) is 0 Å². The van der Waals surface area contributed by atoms with Gasteiger partial charge in [0.25, 0.3) is 0 Å². The molecule has 4 heteroatoms. The number of aliphatic imine (C=N–C) groups is 1. The third kappa shape index (κ3) is 13.5. The van der Waals surface area contributed by atoms with Gasteiger partial charge >= 0.3 is 0 Å². The molecule has 0 aromatic rings. The third-order valence-corrected chi connectivity index (χ3v) is 2.80. The maximum absolute atomic E-state index is 4.22. The molecule has 0 amide bonds. The smallest absolute Gasteiger partial charge is 0.191 e. The molecule has 0 spiro atoms. The largest absolute Gasteiger partial charge is 0.356 e. The molecule has 0 rings (SSSR count). The summed E-state index contributed by atoms with van der Waals surface area (Å²) in [6.45, 7) is 13.9. The van der Waals surface area contributed by atoms with Gasteiger partial charge in [-0.25, -0.2) is 0 Å². The van der Waals surface area contributed by atoms with Gasteiger partial charge in [-0.05, 0) is 33.1 Å². The minimum atomic E-state index is 0.176. The molecule has 0 aliphatic heterocycles. The van der Waals surface area contributed by atoms with Crippen molar-refractivity contribution in [2.75, 3.05) is 26.7 Å². The van der Waals surface area contributed by atoms with Crippen molar-refractivity contribution in [2.45, 2.75) is 59.4 Å². The highest BCUT2D eigenvalue weighted by atomic mass is 15.2. The van der Waals surface area contributed by atoms with E-state index in [-0.39, 0.29) is 5.54 Å². The van der Waals surface area contributed by atoms with Gasteiger partial charge in [-0.3, -0.25) is 4.99 Å². The molecule has 19 heavy (non-hydrogen) atoms. The number of rotatable bonds is 8. The van der Waals surface area contributed by atoms with E-state index in [1.807, 2.05) is 7.05 Å². The highest BCUT2D eigenvalue weighted by Gasteiger charge is 2.07. The van der Waals surface area contributed by atoms with Gasteiger partial charge in [0.15, 0.2) is 5.96 Å². The maximum atomic E-state index is 4.22. The Morgan fingerprint density at radius 1 is 1.00 bits per heavy atom. The molecule has 0 radical (unpaired) electrons. The summed E-state index contributed by atoms with van der Waals surface area (Å²) in [5, 5.41) is 10.1. The van der Waals surface area contributed by atoms with Crippen molar-refractivity contribution < 1.29 is 0 Å². The Kier molecular flexibility index (Phi) is 9.66. The Hall–Kier alpha value is -0.770. The quantitative estimate of drug-likeness (QED) is 0.360. The van der Waals surface area contributed by atoms with Crippen LogP contribution in [0.5, 0.6) is 0 Å². The van der Waals surface area contributed by atoms with Crippen LogP contribution in [-0.4, -0.2) is 38.2 Å². The molecular formula is C15H34N4.